The first-order chi connectivity index (χ1) is 6.24. The van der Waals surface area contributed by atoms with Crippen molar-refractivity contribution in [3.8, 4) is 0 Å². The molecule has 0 bridgehead atoms. The summed E-state index contributed by atoms with van der Waals surface area (Å²) in [6, 6.07) is 7.30. The molecule has 0 atom stereocenters. The van der Waals surface area contributed by atoms with Crippen molar-refractivity contribution in [2.24, 2.45) is 5.73 Å². The Kier molecular flexibility index (Phi) is 3.77. The lowest BCUT2D eigenvalue weighted by molar-refractivity contribution is 0.100. The van der Waals surface area contributed by atoms with Crippen LogP contribution in [-0.2, 0) is 6.42 Å². The lowest BCUT2D eigenvalue weighted by atomic mass is 10.1. The van der Waals surface area contributed by atoms with Gasteiger partial charge in [-0.15, -0.1) is 11.6 Å². The minimum atomic E-state index is -0.385. The van der Waals surface area contributed by atoms with Gasteiger partial charge in [0.25, 0.3) is 0 Å². The molecule has 0 spiro atoms. The van der Waals surface area contributed by atoms with Crippen molar-refractivity contribution in [2.75, 3.05) is 5.88 Å². The van der Waals surface area contributed by atoms with E-state index in [0.717, 1.165) is 12.8 Å². The van der Waals surface area contributed by atoms with Crippen molar-refractivity contribution >= 4 is 17.5 Å². The fraction of sp³-hybridized carbons (Fsp3) is 0.300. The SMILES string of the molecule is NC(=O)c1ccc(CCCCl)cc1. The van der Waals surface area contributed by atoms with Crippen LogP contribution in [0.15, 0.2) is 24.3 Å². The Bertz CT molecular complexity index is 281. The zero-order valence-corrected chi connectivity index (χ0v) is 8.05. The van der Waals surface area contributed by atoms with Crippen LogP contribution >= 0.6 is 11.6 Å². The van der Waals surface area contributed by atoms with E-state index >= 15 is 0 Å². The summed E-state index contributed by atoms with van der Waals surface area (Å²) in [6.45, 7) is 0. The second-order valence-electron chi connectivity index (χ2n) is 2.85. The first kappa shape index (κ1) is 10.1. The lowest BCUT2D eigenvalue weighted by Gasteiger charge is -1.99. The highest BCUT2D eigenvalue weighted by molar-refractivity contribution is 6.17. The van der Waals surface area contributed by atoms with Gasteiger partial charge in [0, 0.05) is 11.4 Å². The van der Waals surface area contributed by atoms with Gasteiger partial charge in [0.2, 0.25) is 5.91 Å². The monoisotopic (exact) mass is 197 g/mol. The topological polar surface area (TPSA) is 43.1 Å². The Balaban J connectivity index is 2.64. The van der Waals surface area contributed by atoms with Crippen molar-refractivity contribution in [1.82, 2.24) is 0 Å². The average molecular weight is 198 g/mol. The van der Waals surface area contributed by atoms with Crippen LogP contribution < -0.4 is 5.73 Å². The van der Waals surface area contributed by atoms with E-state index in [-0.39, 0.29) is 5.91 Å². The number of rotatable bonds is 4. The summed E-state index contributed by atoms with van der Waals surface area (Å²) in [5.74, 6) is 0.279. The summed E-state index contributed by atoms with van der Waals surface area (Å²) >= 11 is 5.56. The number of nitrogens with two attached hydrogens (primary N) is 1. The van der Waals surface area contributed by atoms with Crippen molar-refractivity contribution in [2.45, 2.75) is 12.8 Å². The maximum absolute atomic E-state index is 10.7. The van der Waals surface area contributed by atoms with Gasteiger partial charge in [-0.2, -0.15) is 0 Å². The number of hydrogen-bond donors (Lipinski definition) is 1. The molecule has 0 aliphatic rings. The first-order valence-electron chi connectivity index (χ1n) is 4.18. The highest BCUT2D eigenvalue weighted by Crippen LogP contribution is 2.06. The van der Waals surface area contributed by atoms with Crippen LogP contribution in [-0.4, -0.2) is 11.8 Å². The molecule has 2 N–H and O–H groups in total. The van der Waals surface area contributed by atoms with Gasteiger partial charge in [0.05, 0.1) is 0 Å². The Morgan fingerprint density at radius 3 is 2.38 bits per heavy atom. The normalized spacial score (nSPS) is 9.92. The van der Waals surface area contributed by atoms with E-state index < -0.39 is 0 Å². The van der Waals surface area contributed by atoms with E-state index in [1.807, 2.05) is 12.1 Å². The summed E-state index contributed by atoms with van der Waals surface area (Å²) in [7, 11) is 0. The summed E-state index contributed by atoms with van der Waals surface area (Å²) < 4.78 is 0. The zero-order chi connectivity index (χ0) is 9.68. The van der Waals surface area contributed by atoms with Crippen molar-refractivity contribution in [3.05, 3.63) is 35.4 Å². The molecule has 70 valence electrons. The number of carbonyl (C=O) groups is 1. The predicted molar refractivity (Wildman–Crippen MR) is 54.0 cm³/mol. The number of amides is 1. The van der Waals surface area contributed by atoms with Crippen LogP contribution in [0.25, 0.3) is 0 Å². The summed E-state index contributed by atoms with van der Waals surface area (Å²) in [5, 5.41) is 0. The molecule has 0 saturated heterocycles. The molecule has 13 heavy (non-hydrogen) atoms. The molecule has 1 rings (SSSR count). The van der Waals surface area contributed by atoms with Crippen LogP contribution in [0.2, 0.25) is 0 Å². The highest BCUT2D eigenvalue weighted by Gasteiger charge is 1.98. The number of benzene rings is 1. The summed E-state index contributed by atoms with van der Waals surface area (Å²) in [4.78, 5) is 10.7. The molecule has 0 aliphatic heterocycles. The second-order valence-corrected chi connectivity index (χ2v) is 3.23. The van der Waals surface area contributed by atoms with Crippen molar-refractivity contribution in [1.29, 1.82) is 0 Å². The average Bonchev–Trinajstić information content (AvgIpc) is 2.15. The lowest BCUT2D eigenvalue weighted by Crippen LogP contribution is -2.10. The number of carbonyl (C=O) groups excluding carboxylic acids is 1. The molecule has 0 radical (unpaired) electrons. The van der Waals surface area contributed by atoms with Gasteiger partial charge >= 0.3 is 0 Å². The highest BCUT2D eigenvalue weighted by atomic mass is 35.5. The van der Waals surface area contributed by atoms with Gasteiger partial charge in [-0.05, 0) is 30.5 Å². The van der Waals surface area contributed by atoms with Gasteiger partial charge in [0.1, 0.15) is 0 Å². The summed E-state index contributed by atoms with van der Waals surface area (Å²) in [5.41, 5.74) is 6.84. The molecule has 0 fully saturated rings. The third kappa shape index (κ3) is 3.07. The molecule has 0 aliphatic carbocycles. The van der Waals surface area contributed by atoms with E-state index in [9.17, 15) is 4.79 Å². The Hall–Kier alpha value is -1.02. The van der Waals surface area contributed by atoms with E-state index in [4.69, 9.17) is 17.3 Å². The Morgan fingerprint density at radius 2 is 1.92 bits per heavy atom. The number of alkyl halides is 1. The van der Waals surface area contributed by atoms with Crippen LogP contribution in [0.3, 0.4) is 0 Å². The Morgan fingerprint density at radius 1 is 1.31 bits per heavy atom. The molecule has 0 heterocycles. The molecule has 1 amide bonds. The molecule has 1 aromatic rings. The van der Waals surface area contributed by atoms with Gasteiger partial charge < -0.3 is 5.73 Å². The smallest absolute Gasteiger partial charge is 0.248 e. The largest absolute Gasteiger partial charge is 0.366 e. The number of primary amides is 1. The molecular formula is C10H12ClNO. The molecule has 0 aromatic heterocycles. The standard InChI is InChI=1S/C10H12ClNO/c11-7-1-2-8-3-5-9(6-4-8)10(12)13/h3-6H,1-2,7H2,(H2,12,13). The first-order valence-corrected chi connectivity index (χ1v) is 4.72. The Labute approximate surface area is 82.7 Å². The van der Waals surface area contributed by atoms with E-state index in [0.29, 0.717) is 11.4 Å². The van der Waals surface area contributed by atoms with Gasteiger partial charge in [-0.25, -0.2) is 0 Å². The fourth-order valence-corrected chi connectivity index (χ4v) is 1.24. The van der Waals surface area contributed by atoms with Crippen LogP contribution in [0.4, 0.5) is 0 Å². The van der Waals surface area contributed by atoms with Crippen molar-refractivity contribution in [3.63, 3.8) is 0 Å². The van der Waals surface area contributed by atoms with Crippen LogP contribution in [0, 0.1) is 0 Å². The summed E-state index contributed by atoms with van der Waals surface area (Å²) in [6.07, 6.45) is 1.90. The predicted octanol–water partition coefficient (Wildman–Crippen LogP) is 1.96. The molecule has 0 saturated carbocycles. The molecule has 2 nitrogen and oxygen atoms in total. The minimum Gasteiger partial charge on any atom is -0.366 e. The van der Waals surface area contributed by atoms with E-state index in [1.54, 1.807) is 12.1 Å². The van der Waals surface area contributed by atoms with Crippen LogP contribution in [0.1, 0.15) is 22.3 Å². The van der Waals surface area contributed by atoms with Gasteiger partial charge in [-0.3, -0.25) is 4.79 Å². The van der Waals surface area contributed by atoms with Gasteiger partial charge in [-0.1, -0.05) is 12.1 Å². The van der Waals surface area contributed by atoms with Crippen molar-refractivity contribution < 1.29 is 4.79 Å². The maximum atomic E-state index is 10.7. The fourth-order valence-electron chi connectivity index (χ4n) is 1.11. The molecule has 3 heteroatoms. The minimum absolute atomic E-state index is 0.385. The number of aryl methyl sites for hydroxylation is 1. The molecule has 0 unspecified atom stereocenters. The van der Waals surface area contributed by atoms with E-state index in [2.05, 4.69) is 0 Å². The van der Waals surface area contributed by atoms with E-state index in [1.165, 1.54) is 5.56 Å². The quantitative estimate of drug-likeness (QED) is 0.737. The molecular weight excluding hydrogens is 186 g/mol. The number of halogens is 1. The second kappa shape index (κ2) is 4.87. The third-order valence-corrected chi connectivity index (χ3v) is 2.10. The number of hydrogen-bond acceptors (Lipinski definition) is 1. The molecule has 1 aromatic carbocycles. The van der Waals surface area contributed by atoms with Gasteiger partial charge in [0.15, 0.2) is 0 Å². The van der Waals surface area contributed by atoms with Crippen LogP contribution in [0.5, 0.6) is 0 Å². The maximum Gasteiger partial charge on any atom is 0.248 e. The third-order valence-electron chi connectivity index (χ3n) is 1.84. The zero-order valence-electron chi connectivity index (χ0n) is 7.29.